The van der Waals surface area contributed by atoms with Crippen molar-refractivity contribution in [3.63, 3.8) is 0 Å². The summed E-state index contributed by atoms with van der Waals surface area (Å²) >= 11 is 0. The molecule has 1 aliphatic heterocycles. The summed E-state index contributed by atoms with van der Waals surface area (Å²) in [6.07, 6.45) is 6.89. The summed E-state index contributed by atoms with van der Waals surface area (Å²) < 4.78 is 29.8. The minimum Gasteiger partial charge on any atom is -0.357 e. The van der Waals surface area contributed by atoms with Gasteiger partial charge in [-0.25, -0.2) is 13.8 Å². The molecule has 2 N–H and O–H groups in total. The second-order valence-corrected chi connectivity index (χ2v) is 9.73. The topological polar surface area (TPSA) is 95.8 Å². The van der Waals surface area contributed by atoms with Crippen LogP contribution in [-0.4, -0.2) is 52.0 Å². The first-order valence-electron chi connectivity index (χ1n) is 13.1. The summed E-state index contributed by atoms with van der Waals surface area (Å²) in [7, 11) is 1.51. The molecule has 5 rings (SSSR count). The summed E-state index contributed by atoms with van der Waals surface area (Å²) in [6.45, 7) is 1.12. The van der Waals surface area contributed by atoms with Gasteiger partial charge < -0.3 is 24.7 Å². The summed E-state index contributed by atoms with van der Waals surface area (Å²) in [5.41, 5.74) is 4.80. The lowest BCUT2D eigenvalue weighted by Gasteiger charge is -2.25. The largest absolute Gasteiger partial charge is 0.357 e. The lowest BCUT2D eigenvalue weighted by Crippen LogP contribution is -2.46. The van der Waals surface area contributed by atoms with E-state index in [9.17, 15) is 23.2 Å². The van der Waals surface area contributed by atoms with E-state index in [1.807, 2.05) is 35.0 Å². The van der Waals surface area contributed by atoms with E-state index in [0.29, 0.717) is 18.7 Å². The number of benzene rings is 2. The maximum absolute atomic E-state index is 13.9. The highest BCUT2D eigenvalue weighted by molar-refractivity contribution is 6.02. The number of aromatic nitrogens is 2. The number of amides is 2. The normalized spacial score (nSPS) is 13.5. The molecule has 0 fully saturated rings. The van der Waals surface area contributed by atoms with E-state index in [-0.39, 0.29) is 43.2 Å². The summed E-state index contributed by atoms with van der Waals surface area (Å²) in [4.78, 5) is 42.6. The molecule has 3 heterocycles. The van der Waals surface area contributed by atoms with Crippen LogP contribution in [0.25, 0.3) is 16.8 Å². The fraction of sp³-hybridized carbons (Fsp3) is 0.267. The zero-order valence-corrected chi connectivity index (χ0v) is 22.0. The average molecular weight is 546 g/mol. The van der Waals surface area contributed by atoms with Crippen LogP contribution in [0.15, 0.2) is 61.1 Å². The first-order chi connectivity index (χ1) is 19.4. The zero-order valence-electron chi connectivity index (χ0n) is 22.0. The van der Waals surface area contributed by atoms with Crippen molar-refractivity contribution in [2.45, 2.75) is 38.4 Å². The van der Waals surface area contributed by atoms with Gasteiger partial charge in [0.05, 0.1) is 0 Å². The number of hydrogen-bond acceptors (Lipinski definition) is 5. The zero-order chi connectivity index (χ0) is 28.2. The number of imidazole rings is 1. The number of likely N-dealkylation sites (N-methyl/N-ethyl adjacent to an activating group) is 1. The van der Waals surface area contributed by atoms with Gasteiger partial charge in [-0.1, -0.05) is 12.1 Å². The van der Waals surface area contributed by atoms with Crippen LogP contribution in [0.2, 0.25) is 0 Å². The number of hydrogen-bond donors (Lipinski definition) is 2. The Morgan fingerprint density at radius 1 is 1.15 bits per heavy atom. The summed E-state index contributed by atoms with van der Waals surface area (Å²) in [5, 5.41) is 5.85. The van der Waals surface area contributed by atoms with Gasteiger partial charge in [0, 0.05) is 61.8 Å². The quantitative estimate of drug-likeness (QED) is 0.222. The Kier molecular flexibility index (Phi) is 7.97. The van der Waals surface area contributed by atoms with Gasteiger partial charge in [0.15, 0.2) is 0 Å². The molecule has 0 spiro atoms. The van der Waals surface area contributed by atoms with E-state index in [2.05, 4.69) is 15.6 Å². The molecule has 1 aliphatic rings. The third kappa shape index (κ3) is 5.35. The predicted octanol–water partition coefficient (Wildman–Crippen LogP) is 3.66. The fourth-order valence-electron chi connectivity index (χ4n) is 5.20. The van der Waals surface area contributed by atoms with Crippen LogP contribution < -0.4 is 10.6 Å². The second-order valence-electron chi connectivity index (χ2n) is 9.73. The molecule has 8 nitrogen and oxygen atoms in total. The van der Waals surface area contributed by atoms with Gasteiger partial charge in [0.1, 0.15) is 29.6 Å². The first-order valence-corrected chi connectivity index (χ1v) is 13.1. The molecule has 0 radical (unpaired) electrons. The Labute approximate surface area is 230 Å². The van der Waals surface area contributed by atoms with Crippen molar-refractivity contribution in [3.8, 4) is 11.1 Å². The minimum absolute atomic E-state index is 0.0623. The molecule has 0 saturated carbocycles. The van der Waals surface area contributed by atoms with Crippen molar-refractivity contribution in [1.29, 1.82) is 0 Å². The molecule has 2 aromatic heterocycles. The molecule has 206 valence electrons. The van der Waals surface area contributed by atoms with E-state index in [1.54, 1.807) is 12.3 Å². The Morgan fingerprint density at radius 3 is 2.70 bits per heavy atom. The van der Waals surface area contributed by atoms with Crippen LogP contribution in [0.1, 0.15) is 39.9 Å². The van der Waals surface area contributed by atoms with Gasteiger partial charge >= 0.3 is 0 Å². The Hall–Kier alpha value is -4.44. The standard InChI is InChI=1S/C30H29F2N5O3/c1-33-29(39)27(6-3-13-38)37-18-21-15-20(7-8-22(21)30(37)40)24-14-19(17-36-12-11-35-28(24)36)16-34-10-9-23-25(31)4-2-5-26(23)32/h2,4-5,7-8,11-15,17,27,34H,3,6,9-10,16,18H2,1H3,(H,33,39). The lowest BCUT2D eigenvalue weighted by atomic mass is 10.00. The van der Waals surface area contributed by atoms with Crippen LogP contribution >= 0.6 is 0 Å². The predicted molar refractivity (Wildman–Crippen MR) is 145 cm³/mol. The van der Waals surface area contributed by atoms with Gasteiger partial charge in [-0.3, -0.25) is 9.59 Å². The number of rotatable bonds is 11. The van der Waals surface area contributed by atoms with Crippen molar-refractivity contribution >= 4 is 23.7 Å². The van der Waals surface area contributed by atoms with Crippen LogP contribution in [-0.2, 0) is 29.1 Å². The van der Waals surface area contributed by atoms with Crippen LogP contribution in [0, 0.1) is 11.6 Å². The highest BCUT2D eigenvalue weighted by Gasteiger charge is 2.36. The number of pyridine rings is 1. The fourth-order valence-corrected chi connectivity index (χ4v) is 5.20. The van der Waals surface area contributed by atoms with Gasteiger partial charge in [-0.05, 0) is 66.4 Å². The van der Waals surface area contributed by atoms with E-state index < -0.39 is 17.7 Å². The molecule has 0 aliphatic carbocycles. The van der Waals surface area contributed by atoms with E-state index >= 15 is 0 Å². The molecule has 40 heavy (non-hydrogen) atoms. The van der Waals surface area contributed by atoms with Gasteiger partial charge in [-0.15, -0.1) is 0 Å². The summed E-state index contributed by atoms with van der Waals surface area (Å²) in [6, 6.07) is 10.7. The SMILES string of the molecule is CNC(=O)C(CCC=O)N1Cc2cc(-c3cc(CNCCc4c(F)cccc4F)cn4ccnc34)ccc2C1=O. The molecule has 1 unspecified atom stereocenters. The molecule has 0 bridgehead atoms. The number of carbonyl (C=O) groups is 3. The molecule has 2 aromatic carbocycles. The number of halogens is 2. The smallest absolute Gasteiger partial charge is 0.255 e. The van der Waals surface area contributed by atoms with Gasteiger partial charge in [0.25, 0.3) is 5.91 Å². The van der Waals surface area contributed by atoms with Crippen LogP contribution in [0.4, 0.5) is 8.78 Å². The number of aldehydes is 1. The average Bonchev–Trinajstić information content (AvgIpc) is 3.56. The maximum atomic E-state index is 13.9. The van der Waals surface area contributed by atoms with Crippen molar-refractivity contribution in [2.24, 2.45) is 0 Å². The highest BCUT2D eigenvalue weighted by atomic mass is 19.1. The van der Waals surface area contributed by atoms with E-state index in [4.69, 9.17) is 0 Å². The van der Waals surface area contributed by atoms with E-state index in [0.717, 1.165) is 34.2 Å². The minimum atomic E-state index is -0.732. The second kappa shape index (κ2) is 11.7. The van der Waals surface area contributed by atoms with E-state index in [1.165, 1.54) is 30.1 Å². The number of nitrogens with zero attached hydrogens (tertiary/aromatic N) is 3. The molecule has 1 atom stereocenters. The van der Waals surface area contributed by atoms with Gasteiger partial charge in [0.2, 0.25) is 5.91 Å². The number of nitrogens with one attached hydrogen (secondary N) is 2. The monoisotopic (exact) mass is 545 g/mol. The van der Waals surface area contributed by atoms with Crippen molar-refractivity contribution < 1.29 is 23.2 Å². The summed E-state index contributed by atoms with van der Waals surface area (Å²) in [5.74, 6) is -1.65. The Bertz CT molecular complexity index is 1560. The Morgan fingerprint density at radius 2 is 1.95 bits per heavy atom. The maximum Gasteiger partial charge on any atom is 0.255 e. The highest BCUT2D eigenvalue weighted by Crippen LogP contribution is 2.32. The van der Waals surface area contributed by atoms with Gasteiger partial charge in [-0.2, -0.15) is 0 Å². The first kappa shape index (κ1) is 27.1. The third-order valence-corrected chi connectivity index (χ3v) is 7.22. The molecule has 0 saturated heterocycles. The Balaban J connectivity index is 1.36. The molecule has 10 heteroatoms. The van der Waals surface area contributed by atoms with Crippen molar-refractivity contribution in [2.75, 3.05) is 13.6 Å². The lowest BCUT2D eigenvalue weighted by molar-refractivity contribution is -0.125. The van der Waals surface area contributed by atoms with Crippen molar-refractivity contribution in [1.82, 2.24) is 24.9 Å². The molecule has 2 amide bonds. The van der Waals surface area contributed by atoms with Crippen molar-refractivity contribution in [3.05, 3.63) is 94.9 Å². The van der Waals surface area contributed by atoms with Crippen LogP contribution in [0.3, 0.4) is 0 Å². The number of fused-ring (bicyclic) bond motifs is 2. The molecule has 4 aromatic rings. The third-order valence-electron chi connectivity index (χ3n) is 7.22. The van der Waals surface area contributed by atoms with Crippen LogP contribution in [0.5, 0.6) is 0 Å². The molecular weight excluding hydrogens is 516 g/mol. The number of carbonyl (C=O) groups excluding carboxylic acids is 3. The molecular formula is C30H29F2N5O3.